The van der Waals surface area contributed by atoms with Gasteiger partial charge < -0.3 is 9.88 Å². The lowest BCUT2D eigenvalue weighted by atomic mass is 10.3. The summed E-state index contributed by atoms with van der Waals surface area (Å²) in [5.41, 5.74) is 1.22. The molecule has 0 aliphatic heterocycles. The SMILES string of the molecule is CC(C)n1cncc1CNCCn1cccn1. The summed E-state index contributed by atoms with van der Waals surface area (Å²) in [5.74, 6) is 0. The molecule has 2 aromatic heterocycles. The molecule has 92 valence electrons. The summed E-state index contributed by atoms with van der Waals surface area (Å²) in [5, 5.41) is 7.56. The van der Waals surface area contributed by atoms with Crippen molar-refractivity contribution in [2.75, 3.05) is 6.54 Å². The van der Waals surface area contributed by atoms with E-state index >= 15 is 0 Å². The Bertz CT molecular complexity index is 429. The van der Waals surface area contributed by atoms with Gasteiger partial charge in [-0.2, -0.15) is 5.10 Å². The van der Waals surface area contributed by atoms with Gasteiger partial charge in [-0.1, -0.05) is 0 Å². The predicted octanol–water partition coefficient (Wildman–Crippen LogP) is 1.45. The van der Waals surface area contributed by atoms with E-state index in [1.54, 1.807) is 6.20 Å². The molecule has 2 heterocycles. The molecule has 17 heavy (non-hydrogen) atoms. The monoisotopic (exact) mass is 233 g/mol. The average molecular weight is 233 g/mol. The van der Waals surface area contributed by atoms with Crippen LogP contribution in [-0.2, 0) is 13.1 Å². The zero-order chi connectivity index (χ0) is 12.1. The molecule has 5 heteroatoms. The van der Waals surface area contributed by atoms with Crippen molar-refractivity contribution in [2.45, 2.75) is 33.0 Å². The number of hydrogen-bond donors (Lipinski definition) is 1. The van der Waals surface area contributed by atoms with Gasteiger partial charge >= 0.3 is 0 Å². The van der Waals surface area contributed by atoms with Crippen molar-refractivity contribution in [3.05, 3.63) is 36.7 Å². The van der Waals surface area contributed by atoms with Gasteiger partial charge in [-0.05, 0) is 19.9 Å². The van der Waals surface area contributed by atoms with E-state index in [-0.39, 0.29) is 0 Å². The van der Waals surface area contributed by atoms with Gasteiger partial charge in [-0.15, -0.1) is 0 Å². The van der Waals surface area contributed by atoms with E-state index in [1.807, 2.05) is 29.5 Å². The molecule has 0 atom stereocenters. The first kappa shape index (κ1) is 11.9. The molecule has 0 saturated heterocycles. The molecule has 0 aromatic carbocycles. The first-order chi connectivity index (χ1) is 8.27. The molecular formula is C12H19N5. The van der Waals surface area contributed by atoms with Crippen molar-refractivity contribution >= 4 is 0 Å². The summed E-state index contributed by atoms with van der Waals surface area (Å²) < 4.78 is 4.10. The van der Waals surface area contributed by atoms with Crippen LogP contribution in [0.25, 0.3) is 0 Å². The minimum atomic E-state index is 0.459. The summed E-state index contributed by atoms with van der Waals surface area (Å²) in [4.78, 5) is 4.18. The molecule has 0 aliphatic rings. The van der Waals surface area contributed by atoms with E-state index in [2.05, 4.69) is 33.8 Å². The van der Waals surface area contributed by atoms with Crippen LogP contribution in [-0.4, -0.2) is 25.9 Å². The highest BCUT2D eigenvalue weighted by Crippen LogP contribution is 2.07. The molecule has 2 rings (SSSR count). The van der Waals surface area contributed by atoms with E-state index in [1.165, 1.54) is 5.69 Å². The van der Waals surface area contributed by atoms with E-state index in [9.17, 15) is 0 Å². The van der Waals surface area contributed by atoms with Gasteiger partial charge in [0.15, 0.2) is 0 Å². The minimum Gasteiger partial charge on any atom is -0.331 e. The molecule has 0 spiro atoms. The smallest absolute Gasteiger partial charge is 0.0951 e. The maximum absolute atomic E-state index is 4.18. The second kappa shape index (κ2) is 5.63. The topological polar surface area (TPSA) is 47.7 Å². The van der Waals surface area contributed by atoms with E-state index in [4.69, 9.17) is 0 Å². The second-order valence-electron chi connectivity index (χ2n) is 4.33. The maximum Gasteiger partial charge on any atom is 0.0951 e. The molecule has 0 bridgehead atoms. The van der Waals surface area contributed by atoms with E-state index < -0.39 is 0 Å². The molecule has 0 unspecified atom stereocenters. The molecule has 1 N–H and O–H groups in total. The van der Waals surface area contributed by atoms with Gasteiger partial charge in [0.05, 0.1) is 18.6 Å². The van der Waals surface area contributed by atoms with Crippen LogP contribution in [0.15, 0.2) is 31.0 Å². The summed E-state index contributed by atoms with van der Waals surface area (Å²) in [7, 11) is 0. The first-order valence-electron chi connectivity index (χ1n) is 5.96. The third-order valence-corrected chi connectivity index (χ3v) is 2.69. The van der Waals surface area contributed by atoms with Crippen molar-refractivity contribution in [2.24, 2.45) is 0 Å². The van der Waals surface area contributed by atoms with Crippen molar-refractivity contribution in [3.8, 4) is 0 Å². The zero-order valence-corrected chi connectivity index (χ0v) is 10.4. The van der Waals surface area contributed by atoms with Crippen LogP contribution >= 0.6 is 0 Å². The lowest BCUT2D eigenvalue weighted by molar-refractivity contribution is 0.522. The Morgan fingerprint density at radius 1 is 1.41 bits per heavy atom. The molecule has 0 aliphatic carbocycles. The zero-order valence-electron chi connectivity index (χ0n) is 10.4. The van der Waals surface area contributed by atoms with Gasteiger partial charge in [0, 0.05) is 37.7 Å². The van der Waals surface area contributed by atoms with E-state index in [0.29, 0.717) is 6.04 Å². The Balaban J connectivity index is 1.76. The third-order valence-electron chi connectivity index (χ3n) is 2.69. The number of rotatable bonds is 6. The van der Waals surface area contributed by atoms with Gasteiger partial charge in [-0.3, -0.25) is 4.68 Å². The van der Waals surface area contributed by atoms with Gasteiger partial charge in [0.2, 0.25) is 0 Å². The van der Waals surface area contributed by atoms with Crippen molar-refractivity contribution < 1.29 is 0 Å². The standard InChI is InChI=1S/C12H19N5/c1-11(2)17-10-14-9-12(17)8-13-5-7-16-6-3-4-15-16/h3-4,6,9-11,13H,5,7-8H2,1-2H3. The Morgan fingerprint density at radius 2 is 2.29 bits per heavy atom. The summed E-state index contributed by atoms with van der Waals surface area (Å²) in [6.07, 6.45) is 7.57. The van der Waals surface area contributed by atoms with Crippen LogP contribution < -0.4 is 5.32 Å². The van der Waals surface area contributed by atoms with Crippen LogP contribution in [0.2, 0.25) is 0 Å². The Hall–Kier alpha value is -1.62. The quantitative estimate of drug-likeness (QED) is 0.768. The highest BCUT2D eigenvalue weighted by atomic mass is 15.3. The highest BCUT2D eigenvalue weighted by molar-refractivity contribution is 4.99. The summed E-state index contributed by atoms with van der Waals surface area (Å²) in [6.45, 7) is 6.97. The van der Waals surface area contributed by atoms with Crippen LogP contribution in [0.4, 0.5) is 0 Å². The molecule has 2 aromatic rings. The fourth-order valence-electron chi connectivity index (χ4n) is 1.78. The fourth-order valence-corrected chi connectivity index (χ4v) is 1.78. The number of aromatic nitrogens is 4. The molecule has 5 nitrogen and oxygen atoms in total. The van der Waals surface area contributed by atoms with Crippen LogP contribution in [0.1, 0.15) is 25.6 Å². The summed E-state index contributed by atoms with van der Waals surface area (Å²) >= 11 is 0. The highest BCUT2D eigenvalue weighted by Gasteiger charge is 2.04. The van der Waals surface area contributed by atoms with Gasteiger partial charge in [0.25, 0.3) is 0 Å². The van der Waals surface area contributed by atoms with Crippen molar-refractivity contribution in [3.63, 3.8) is 0 Å². The second-order valence-corrected chi connectivity index (χ2v) is 4.33. The Labute approximate surface area is 101 Å². The van der Waals surface area contributed by atoms with E-state index in [0.717, 1.165) is 19.6 Å². The largest absolute Gasteiger partial charge is 0.331 e. The predicted molar refractivity (Wildman–Crippen MR) is 66.5 cm³/mol. The third kappa shape index (κ3) is 3.17. The summed E-state index contributed by atoms with van der Waals surface area (Å²) in [6, 6.07) is 2.40. The molecule has 0 saturated carbocycles. The normalized spacial score (nSPS) is 11.2. The number of imidazole rings is 1. The van der Waals surface area contributed by atoms with Crippen molar-refractivity contribution in [1.82, 2.24) is 24.6 Å². The lowest BCUT2D eigenvalue weighted by Crippen LogP contribution is -2.21. The average Bonchev–Trinajstić information content (AvgIpc) is 2.95. The van der Waals surface area contributed by atoms with Crippen LogP contribution in [0, 0.1) is 0 Å². The number of hydrogen-bond acceptors (Lipinski definition) is 3. The first-order valence-corrected chi connectivity index (χ1v) is 5.96. The number of nitrogens with one attached hydrogen (secondary N) is 1. The Kier molecular flexibility index (Phi) is 3.93. The number of nitrogens with zero attached hydrogens (tertiary/aromatic N) is 4. The maximum atomic E-state index is 4.18. The van der Waals surface area contributed by atoms with Crippen LogP contribution in [0.3, 0.4) is 0 Å². The minimum absolute atomic E-state index is 0.459. The molecule has 0 fully saturated rings. The van der Waals surface area contributed by atoms with Gasteiger partial charge in [0.1, 0.15) is 0 Å². The Morgan fingerprint density at radius 3 is 3.00 bits per heavy atom. The molecular weight excluding hydrogens is 214 g/mol. The fraction of sp³-hybridized carbons (Fsp3) is 0.500. The van der Waals surface area contributed by atoms with Gasteiger partial charge in [-0.25, -0.2) is 4.98 Å². The van der Waals surface area contributed by atoms with Crippen molar-refractivity contribution in [1.29, 1.82) is 0 Å². The van der Waals surface area contributed by atoms with Crippen LogP contribution in [0.5, 0.6) is 0 Å². The lowest BCUT2D eigenvalue weighted by Gasteiger charge is -2.12. The molecule has 0 radical (unpaired) electrons. The molecule has 0 amide bonds.